The summed E-state index contributed by atoms with van der Waals surface area (Å²) in [7, 11) is -2.18. The van der Waals surface area contributed by atoms with Crippen LogP contribution in [0, 0.1) is 34.0 Å². The second kappa shape index (κ2) is 5.50. The Morgan fingerprint density at radius 1 is 1.00 bits per heavy atom. The van der Waals surface area contributed by atoms with Crippen LogP contribution in [0.15, 0.2) is 12.1 Å². The number of benzene rings is 1. The van der Waals surface area contributed by atoms with Crippen molar-refractivity contribution in [1.29, 1.82) is 15.8 Å². The van der Waals surface area contributed by atoms with Gasteiger partial charge in [-0.15, -0.1) is 0 Å². The van der Waals surface area contributed by atoms with Crippen molar-refractivity contribution < 1.29 is 19.7 Å². The highest BCUT2D eigenvalue weighted by Gasteiger charge is 2.17. The maximum absolute atomic E-state index is 8.84. The molecule has 0 aliphatic rings. The molecule has 0 heterocycles. The zero-order valence-corrected chi connectivity index (χ0v) is 8.28. The smallest absolute Gasteiger partial charge is 0.400 e. The second-order valence-corrected chi connectivity index (χ2v) is 2.70. The topological polar surface area (TPSA) is 130 Å². The molecule has 8 heteroatoms. The van der Waals surface area contributed by atoms with Gasteiger partial charge in [-0.1, -0.05) is 0 Å². The molecule has 0 aliphatic heterocycles. The third kappa shape index (κ3) is 2.72. The average Bonchev–Trinajstić information content (AvgIpc) is 2.34. The van der Waals surface area contributed by atoms with Gasteiger partial charge in [0.25, 0.3) is 0 Å². The number of nitriles is 3. The highest BCUT2D eigenvalue weighted by atomic mass is 17.2. The van der Waals surface area contributed by atoms with Crippen LogP contribution in [-0.2, 0) is 4.81 Å². The van der Waals surface area contributed by atoms with Crippen LogP contribution in [0.5, 0.6) is 5.75 Å². The van der Waals surface area contributed by atoms with Crippen molar-refractivity contribution in [2.24, 2.45) is 0 Å². The van der Waals surface area contributed by atoms with Gasteiger partial charge < -0.3 is 14.9 Å². The van der Waals surface area contributed by atoms with Gasteiger partial charge in [0.1, 0.15) is 23.8 Å². The Hall–Kier alpha value is -2.57. The largest absolute Gasteiger partial charge is 0.672 e. The van der Waals surface area contributed by atoms with Crippen LogP contribution >= 0.6 is 0 Å². The van der Waals surface area contributed by atoms with Crippen molar-refractivity contribution >= 4 is 7.32 Å². The molecular formula is C9H4BN3O4. The van der Waals surface area contributed by atoms with Gasteiger partial charge in [-0.2, -0.15) is 20.6 Å². The molecule has 2 N–H and O–H groups in total. The summed E-state index contributed by atoms with van der Waals surface area (Å²) >= 11 is 0. The molecule has 7 nitrogen and oxygen atoms in total. The summed E-state index contributed by atoms with van der Waals surface area (Å²) in [6.07, 6.45) is 0. The van der Waals surface area contributed by atoms with Crippen LogP contribution < -0.4 is 4.89 Å². The van der Waals surface area contributed by atoms with E-state index < -0.39 is 7.32 Å². The Kier molecular flexibility index (Phi) is 4.05. The van der Waals surface area contributed by atoms with Crippen LogP contribution in [0.3, 0.4) is 0 Å². The highest BCUT2D eigenvalue weighted by Crippen LogP contribution is 2.24. The van der Waals surface area contributed by atoms with Gasteiger partial charge in [0.15, 0.2) is 5.75 Å². The molecule has 0 spiro atoms. The van der Waals surface area contributed by atoms with E-state index in [-0.39, 0.29) is 22.4 Å². The summed E-state index contributed by atoms with van der Waals surface area (Å²) in [4.78, 5) is 8.46. The predicted octanol–water partition coefficient (Wildman–Crippen LogP) is -0.418. The van der Waals surface area contributed by atoms with Gasteiger partial charge >= 0.3 is 7.32 Å². The standard InChI is InChI=1S/C9H4BN3O4/c11-3-6-1-2-9(16-17-10(14)15)8(5-13)7(6)4-12/h1-2,14-15H. The normalized spacial score (nSPS) is 8.65. The van der Waals surface area contributed by atoms with E-state index in [1.807, 2.05) is 0 Å². The molecule has 0 aromatic heterocycles. The molecule has 1 rings (SSSR count). The third-order valence-corrected chi connectivity index (χ3v) is 1.74. The van der Waals surface area contributed by atoms with Gasteiger partial charge in [0.05, 0.1) is 11.1 Å². The first-order chi connectivity index (χ1) is 8.13. The van der Waals surface area contributed by atoms with Gasteiger partial charge in [0, 0.05) is 0 Å². The monoisotopic (exact) mass is 229 g/mol. The summed E-state index contributed by atoms with van der Waals surface area (Å²) in [5.41, 5.74) is -0.364. The van der Waals surface area contributed by atoms with Crippen molar-refractivity contribution in [1.82, 2.24) is 0 Å². The Morgan fingerprint density at radius 2 is 1.65 bits per heavy atom. The maximum atomic E-state index is 8.84. The van der Waals surface area contributed by atoms with Crippen LogP contribution in [-0.4, -0.2) is 17.4 Å². The van der Waals surface area contributed by atoms with Gasteiger partial charge in [-0.3, -0.25) is 0 Å². The molecule has 1 aromatic carbocycles. The van der Waals surface area contributed by atoms with E-state index >= 15 is 0 Å². The third-order valence-electron chi connectivity index (χ3n) is 1.74. The van der Waals surface area contributed by atoms with E-state index in [0.717, 1.165) is 0 Å². The molecule has 0 aliphatic carbocycles. The fourth-order valence-electron chi connectivity index (χ4n) is 1.07. The van der Waals surface area contributed by atoms with E-state index in [4.69, 9.17) is 25.8 Å². The summed E-state index contributed by atoms with van der Waals surface area (Å²) in [5.74, 6) is -0.184. The fourth-order valence-corrected chi connectivity index (χ4v) is 1.07. The minimum absolute atomic E-state index is 0.0148. The first-order valence-electron chi connectivity index (χ1n) is 4.20. The lowest BCUT2D eigenvalue weighted by atomic mass is 10.0. The molecule has 0 saturated carbocycles. The van der Waals surface area contributed by atoms with Gasteiger partial charge in [-0.25, -0.2) is 0 Å². The van der Waals surface area contributed by atoms with Crippen LogP contribution in [0.4, 0.5) is 0 Å². The number of hydrogen-bond acceptors (Lipinski definition) is 7. The van der Waals surface area contributed by atoms with E-state index in [1.165, 1.54) is 12.1 Å². The molecule has 0 saturated heterocycles. The van der Waals surface area contributed by atoms with Gasteiger partial charge in [0.2, 0.25) is 0 Å². The number of nitrogens with zero attached hydrogens (tertiary/aromatic N) is 3. The molecule has 17 heavy (non-hydrogen) atoms. The zero-order valence-electron chi connectivity index (χ0n) is 8.28. The summed E-state index contributed by atoms with van der Waals surface area (Å²) in [6.45, 7) is 0. The van der Waals surface area contributed by atoms with Crippen molar-refractivity contribution in [3.63, 3.8) is 0 Å². The molecule has 82 valence electrons. The van der Waals surface area contributed by atoms with Crippen molar-refractivity contribution in [2.45, 2.75) is 0 Å². The Labute approximate surface area is 96.4 Å². The van der Waals surface area contributed by atoms with Crippen molar-refractivity contribution in [3.8, 4) is 24.0 Å². The number of hydrogen-bond donors (Lipinski definition) is 2. The molecular weight excluding hydrogens is 225 g/mol. The summed E-state index contributed by atoms with van der Waals surface area (Å²) in [5, 5.41) is 43.2. The predicted molar refractivity (Wildman–Crippen MR) is 52.5 cm³/mol. The second-order valence-electron chi connectivity index (χ2n) is 2.70. The minimum atomic E-state index is -2.18. The molecule has 0 fully saturated rings. The van der Waals surface area contributed by atoms with Crippen LogP contribution in [0.25, 0.3) is 0 Å². The zero-order chi connectivity index (χ0) is 12.8. The summed E-state index contributed by atoms with van der Waals surface area (Å²) in [6, 6.07) is 7.57. The van der Waals surface area contributed by atoms with E-state index in [0.29, 0.717) is 0 Å². The van der Waals surface area contributed by atoms with E-state index in [2.05, 4.69) is 9.69 Å². The van der Waals surface area contributed by atoms with Crippen molar-refractivity contribution in [2.75, 3.05) is 0 Å². The lowest BCUT2D eigenvalue weighted by molar-refractivity contribution is -0.138. The Morgan fingerprint density at radius 3 is 2.12 bits per heavy atom. The maximum Gasteiger partial charge on any atom is 0.672 e. The lowest BCUT2D eigenvalue weighted by Crippen LogP contribution is -2.19. The van der Waals surface area contributed by atoms with Crippen LogP contribution in [0.1, 0.15) is 16.7 Å². The number of rotatable bonds is 3. The quantitative estimate of drug-likeness (QED) is 0.408. The highest BCUT2D eigenvalue weighted by molar-refractivity contribution is 6.32. The van der Waals surface area contributed by atoms with Crippen LogP contribution in [0.2, 0.25) is 0 Å². The summed E-state index contributed by atoms with van der Waals surface area (Å²) < 4.78 is 0. The Balaban J connectivity index is 3.23. The SMILES string of the molecule is N#Cc1ccc(OOB(O)O)c(C#N)c1C#N. The van der Waals surface area contributed by atoms with Crippen molar-refractivity contribution in [3.05, 3.63) is 28.8 Å². The molecule has 0 bridgehead atoms. The van der Waals surface area contributed by atoms with Gasteiger partial charge in [-0.05, 0) is 12.1 Å². The first-order valence-corrected chi connectivity index (χ1v) is 4.20. The molecule has 0 radical (unpaired) electrons. The first kappa shape index (κ1) is 12.5. The lowest BCUT2D eigenvalue weighted by Gasteiger charge is -2.06. The average molecular weight is 229 g/mol. The van der Waals surface area contributed by atoms with E-state index in [9.17, 15) is 0 Å². The molecule has 0 atom stereocenters. The Bertz CT molecular complexity index is 553. The fraction of sp³-hybridized carbons (Fsp3) is 0. The van der Waals surface area contributed by atoms with E-state index in [1.54, 1.807) is 18.2 Å². The minimum Gasteiger partial charge on any atom is -0.400 e. The molecule has 1 aromatic rings. The molecule has 0 unspecified atom stereocenters. The molecule has 0 amide bonds.